The third kappa shape index (κ3) is 18.7. The first-order valence-corrected chi connectivity index (χ1v) is 24.4. The second kappa shape index (κ2) is 28.4. The van der Waals surface area contributed by atoms with Gasteiger partial charge in [0.2, 0.25) is 0 Å². The summed E-state index contributed by atoms with van der Waals surface area (Å²) < 4.78 is 27.3. The lowest BCUT2D eigenvalue weighted by Gasteiger charge is -2.08. The van der Waals surface area contributed by atoms with Crippen LogP contribution in [0.1, 0.15) is 43.7 Å². The Kier molecular flexibility index (Phi) is 22.4. The number of nitrogens with one attached hydrogen (secondary N) is 2. The number of thiazole rings is 2. The largest absolute Gasteiger partial charge is 0.396 e. The molecule has 0 unspecified atom stereocenters. The number of aryl methyl sites for hydroxylation is 2. The van der Waals surface area contributed by atoms with E-state index in [0.29, 0.717) is 69.2 Å². The molecule has 3 N–H and O–H groups in total. The molecule has 6 aromatic heterocycles. The average molecular weight is 1060 g/mol. The summed E-state index contributed by atoms with van der Waals surface area (Å²) in [5.74, 6) is -0.695. The Bertz CT molecular complexity index is 2790. The van der Waals surface area contributed by atoms with E-state index >= 15 is 0 Å². The lowest BCUT2D eigenvalue weighted by molar-refractivity contribution is -0.107. The number of aldehydes is 1. The van der Waals surface area contributed by atoms with Gasteiger partial charge in [-0.25, -0.2) is 33.7 Å². The molecule has 354 valence electrons. The molecule has 10 nitrogen and oxygen atoms in total. The number of hydrogen-bond acceptors (Lipinski definition) is 12. The molecule has 19 heteroatoms. The molecule has 0 fully saturated rings. The molecule has 0 saturated heterocycles. The molecule has 0 bridgehead atoms. The van der Waals surface area contributed by atoms with Crippen LogP contribution in [-0.4, -0.2) is 61.0 Å². The van der Waals surface area contributed by atoms with Gasteiger partial charge >= 0.3 is 0 Å². The smallest absolute Gasteiger partial charge is 0.147 e. The molecule has 0 spiro atoms. The number of halogens is 7. The highest BCUT2D eigenvalue weighted by atomic mass is 35.5. The molecule has 0 saturated carbocycles. The van der Waals surface area contributed by atoms with Crippen LogP contribution in [-0.2, 0) is 36.9 Å². The minimum atomic E-state index is -0.350. The second-order valence-electron chi connectivity index (χ2n) is 14.5. The van der Waals surface area contributed by atoms with Crippen molar-refractivity contribution in [2.75, 3.05) is 30.3 Å². The van der Waals surface area contributed by atoms with E-state index in [1.54, 1.807) is 89.8 Å². The van der Waals surface area contributed by atoms with Crippen molar-refractivity contribution >= 4 is 98.3 Å². The summed E-state index contributed by atoms with van der Waals surface area (Å²) in [5, 5.41) is 21.0. The summed E-state index contributed by atoms with van der Waals surface area (Å²) >= 11 is 31.5. The zero-order valence-electron chi connectivity index (χ0n) is 36.7. The summed E-state index contributed by atoms with van der Waals surface area (Å²) in [4.78, 5) is 36.6. The Morgan fingerprint density at radius 3 is 1.56 bits per heavy atom. The molecule has 0 radical (unpaired) electrons. The summed E-state index contributed by atoms with van der Waals surface area (Å²) in [6.45, 7) is 5.42. The van der Waals surface area contributed by atoms with Gasteiger partial charge in [0.15, 0.2) is 0 Å². The molecule has 0 aliphatic heterocycles. The Morgan fingerprint density at radius 2 is 1.13 bits per heavy atom. The van der Waals surface area contributed by atoms with Crippen LogP contribution >= 0.6 is 80.7 Å². The van der Waals surface area contributed by atoms with Crippen molar-refractivity contribution in [3.63, 3.8) is 0 Å². The standard InChI is InChI=1S/C22H20ClFN4S2.C13H11Cl2FN2.C7H8ClNO.C7H6ClNO/c1-13-22(30-14(2)27-13)20-12-29-21(28-20)10-17-5-3-15(11-26-17)7-8-25-19-6-4-16(23)9-18(19)24;14-10-2-3-12(11(16)7-10)17-6-5-9-1-4-13(15)18-8-9;2*8-7-2-1-6(3-4-10)5-9-7/h3-6,9,11-12,25H,7-8,10H2,1-2H3;1-4,7-8,17H,5-6H2;1-2,5,10H,3-4H2;1-2,4-5H,3H2. The van der Waals surface area contributed by atoms with Gasteiger partial charge in [0.25, 0.3) is 0 Å². The first kappa shape index (κ1) is 53.8. The second-order valence-corrected chi connectivity index (χ2v) is 18.7. The van der Waals surface area contributed by atoms with Crippen molar-refractivity contribution in [1.82, 2.24) is 29.9 Å². The first-order chi connectivity index (χ1) is 32.8. The number of aliphatic hydroxyl groups excluding tert-OH is 1. The zero-order valence-corrected chi connectivity index (χ0v) is 42.1. The molecule has 0 atom stereocenters. The number of benzene rings is 2. The van der Waals surface area contributed by atoms with Gasteiger partial charge in [0, 0.05) is 78.4 Å². The number of rotatable bonds is 15. The third-order valence-corrected chi connectivity index (χ3v) is 12.4. The van der Waals surface area contributed by atoms with Gasteiger partial charge in [-0.2, -0.15) is 0 Å². The SMILES string of the molecule is Cc1nc(C)c(-c2csc(Cc3ccc(CCNc4ccc(Cl)cc4F)cn3)n2)s1.Fc1cc(Cl)ccc1NCCc1ccc(Cl)nc1.O=CCc1ccc(Cl)nc1.OCCc1ccc(Cl)nc1. The number of pyridine rings is 4. The first-order valence-electron chi connectivity index (χ1n) is 20.8. The third-order valence-electron chi connectivity index (χ3n) is 9.31. The Balaban J connectivity index is 0.000000191. The fourth-order valence-electron chi connectivity index (χ4n) is 5.94. The maximum atomic E-state index is 13.8. The van der Waals surface area contributed by atoms with Crippen molar-refractivity contribution in [3.05, 3.63) is 196 Å². The summed E-state index contributed by atoms with van der Waals surface area (Å²) in [6.07, 6.45) is 10.9. The summed E-state index contributed by atoms with van der Waals surface area (Å²) in [7, 11) is 0. The van der Waals surface area contributed by atoms with E-state index in [9.17, 15) is 13.6 Å². The molecule has 0 aliphatic rings. The minimum Gasteiger partial charge on any atom is -0.396 e. The number of hydrogen-bond donors (Lipinski definition) is 3. The zero-order chi connectivity index (χ0) is 48.8. The molecule has 0 aliphatic carbocycles. The van der Waals surface area contributed by atoms with Crippen LogP contribution in [0.15, 0.2) is 115 Å². The number of carbonyl (C=O) groups excluding carboxylic acids is 1. The number of anilines is 2. The lowest BCUT2D eigenvalue weighted by atomic mass is 10.1. The van der Waals surface area contributed by atoms with E-state index in [1.807, 2.05) is 38.2 Å². The van der Waals surface area contributed by atoms with Crippen LogP contribution in [0, 0.1) is 25.5 Å². The van der Waals surface area contributed by atoms with Crippen molar-refractivity contribution < 1.29 is 18.7 Å². The summed E-state index contributed by atoms with van der Waals surface area (Å²) in [5.41, 5.74) is 7.94. The normalized spacial score (nSPS) is 10.4. The Labute approximate surface area is 426 Å². The van der Waals surface area contributed by atoms with Crippen LogP contribution in [0.25, 0.3) is 10.6 Å². The average Bonchev–Trinajstić information content (AvgIpc) is 3.93. The molecule has 2 aromatic carbocycles. The van der Waals surface area contributed by atoms with Crippen molar-refractivity contribution in [2.45, 2.75) is 46.0 Å². The van der Waals surface area contributed by atoms with E-state index in [-0.39, 0.29) is 18.2 Å². The number of carbonyl (C=O) groups is 1. The highest BCUT2D eigenvalue weighted by molar-refractivity contribution is 7.16. The predicted molar refractivity (Wildman–Crippen MR) is 275 cm³/mol. The van der Waals surface area contributed by atoms with Crippen LogP contribution in [0.4, 0.5) is 20.2 Å². The lowest BCUT2D eigenvalue weighted by Crippen LogP contribution is -2.06. The van der Waals surface area contributed by atoms with Crippen molar-refractivity contribution in [2.24, 2.45) is 0 Å². The van der Waals surface area contributed by atoms with Crippen molar-refractivity contribution in [3.8, 4) is 10.6 Å². The number of nitrogens with zero attached hydrogens (tertiary/aromatic N) is 6. The van der Waals surface area contributed by atoms with Crippen LogP contribution < -0.4 is 10.6 Å². The molecule has 68 heavy (non-hydrogen) atoms. The maximum absolute atomic E-state index is 13.8. The van der Waals surface area contributed by atoms with Gasteiger partial charge in [-0.3, -0.25) is 4.98 Å². The molecule has 0 amide bonds. The minimum absolute atomic E-state index is 0.156. The van der Waals surface area contributed by atoms with E-state index in [1.165, 1.54) is 12.1 Å². The summed E-state index contributed by atoms with van der Waals surface area (Å²) in [6, 6.07) is 23.9. The predicted octanol–water partition coefficient (Wildman–Crippen LogP) is 13.2. The van der Waals surface area contributed by atoms with Crippen LogP contribution in [0.5, 0.6) is 0 Å². The Morgan fingerprint density at radius 1 is 0.632 bits per heavy atom. The molecule has 6 heterocycles. The highest BCUT2D eigenvalue weighted by Gasteiger charge is 2.12. The van der Waals surface area contributed by atoms with Gasteiger partial charge in [-0.15, -0.1) is 22.7 Å². The fourth-order valence-corrected chi connectivity index (χ4v) is 8.35. The molecule has 8 rings (SSSR count). The molecular weight excluding hydrogens is 1010 g/mol. The maximum Gasteiger partial charge on any atom is 0.147 e. The fraction of sp³-hybridized carbons (Fsp3) is 0.204. The van der Waals surface area contributed by atoms with Crippen molar-refractivity contribution in [1.29, 1.82) is 0 Å². The van der Waals surface area contributed by atoms with Crippen LogP contribution in [0.3, 0.4) is 0 Å². The number of aromatic nitrogens is 6. The van der Waals surface area contributed by atoms with Gasteiger partial charge < -0.3 is 20.5 Å². The molecular formula is C49H45Cl5F2N8O2S2. The van der Waals surface area contributed by atoms with E-state index in [2.05, 4.69) is 47.0 Å². The van der Waals surface area contributed by atoms with Crippen LogP contribution in [0.2, 0.25) is 25.5 Å². The van der Waals surface area contributed by atoms with Gasteiger partial charge in [-0.1, -0.05) is 82.3 Å². The quantitative estimate of drug-likeness (QED) is 0.0672. The highest BCUT2D eigenvalue weighted by Crippen LogP contribution is 2.31. The Hall–Kier alpha value is -5.16. The van der Waals surface area contributed by atoms with Gasteiger partial charge in [0.05, 0.1) is 37.7 Å². The van der Waals surface area contributed by atoms with E-state index in [0.717, 1.165) is 73.4 Å². The van der Waals surface area contributed by atoms with E-state index < -0.39 is 0 Å². The van der Waals surface area contributed by atoms with Gasteiger partial charge in [-0.05, 0) is 116 Å². The topological polar surface area (TPSA) is 139 Å². The van der Waals surface area contributed by atoms with Gasteiger partial charge in [0.1, 0.15) is 33.4 Å². The van der Waals surface area contributed by atoms with E-state index in [4.69, 9.17) is 68.1 Å². The molecule has 8 aromatic rings. The monoisotopic (exact) mass is 1050 g/mol. The number of aliphatic hydroxyl groups is 1.